The molecule has 3 rings (SSSR count). The number of rotatable bonds is 4. The molecule has 0 radical (unpaired) electrons. The molecule has 2 aromatic rings. The third-order valence-corrected chi connectivity index (χ3v) is 5.12. The molecular formula is C18H15NOSe. The topological polar surface area (TPSA) is 20.3 Å². The van der Waals surface area contributed by atoms with Crippen LogP contribution < -0.4 is 4.46 Å². The van der Waals surface area contributed by atoms with E-state index >= 15 is 0 Å². The molecule has 1 aliphatic heterocycles. The van der Waals surface area contributed by atoms with Gasteiger partial charge in [-0.15, -0.1) is 0 Å². The Hall–Kier alpha value is -2.09. The molecule has 1 aliphatic rings. The minimum absolute atomic E-state index is 0.0941. The number of carbonyl (C=O) groups is 1. The van der Waals surface area contributed by atoms with Gasteiger partial charge in [0.2, 0.25) is 0 Å². The number of amides is 1. The van der Waals surface area contributed by atoms with Gasteiger partial charge in [-0.1, -0.05) is 0 Å². The van der Waals surface area contributed by atoms with E-state index in [-0.39, 0.29) is 20.9 Å². The number of carbonyl (C=O) groups excluding carboxylic acids is 1. The SMILES string of the molecule is O=C1/C(=C\[Se]c2ccccc2)C=CN1Cc1ccccc1. The Balaban J connectivity index is 1.65. The molecule has 0 fully saturated rings. The van der Waals surface area contributed by atoms with Gasteiger partial charge in [-0.05, 0) is 0 Å². The van der Waals surface area contributed by atoms with E-state index in [2.05, 4.69) is 17.1 Å². The molecule has 0 N–H and O–H groups in total. The molecule has 0 saturated carbocycles. The van der Waals surface area contributed by atoms with E-state index in [9.17, 15) is 4.79 Å². The predicted molar refractivity (Wildman–Crippen MR) is 86.0 cm³/mol. The van der Waals surface area contributed by atoms with Crippen LogP contribution in [0.2, 0.25) is 0 Å². The molecular weight excluding hydrogens is 325 g/mol. The first-order valence-corrected chi connectivity index (χ1v) is 8.62. The average Bonchev–Trinajstić information content (AvgIpc) is 2.88. The summed E-state index contributed by atoms with van der Waals surface area (Å²) in [6, 6.07) is 20.3. The number of nitrogens with zero attached hydrogens (tertiary/aromatic N) is 1. The monoisotopic (exact) mass is 341 g/mol. The fourth-order valence-electron chi connectivity index (χ4n) is 2.10. The molecule has 0 unspecified atom stereocenters. The third kappa shape index (κ3) is 3.52. The average molecular weight is 340 g/mol. The third-order valence-electron chi connectivity index (χ3n) is 3.20. The number of hydrogen-bond acceptors (Lipinski definition) is 1. The van der Waals surface area contributed by atoms with Crippen molar-refractivity contribution in [2.24, 2.45) is 0 Å². The van der Waals surface area contributed by atoms with Crippen LogP contribution in [0.4, 0.5) is 0 Å². The van der Waals surface area contributed by atoms with Crippen molar-refractivity contribution in [3.63, 3.8) is 0 Å². The second-order valence-corrected chi connectivity index (χ2v) is 6.72. The quantitative estimate of drug-likeness (QED) is 0.619. The maximum absolute atomic E-state index is 12.3. The first-order chi connectivity index (χ1) is 10.3. The molecule has 21 heavy (non-hydrogen) atoms. The van der Waals surface area contributed by atoms with Crippen LogP contribution in [0, 0.1) is 0 Å². The van der Waals surface area contributed by atoms with Crippen molar-refractivity contribution < 1.29 is 4.79 Å². The predicted octanol–water partition coefficient (Wildman–Crippen LogP) is 2.46. The van der Waals surface area contributed by atoms with Crippen molar-refractivity contribution in [3.05, 3.63) is 89.1 Å². The van der Waals surface area contributed by atoms with Gasteiger partial charge < -0.3 is 0 Å². The molecule has 1 amide bonds. The summed E-state index contributed by atoms with van der Waals surface area (Å²) in [5.41, 5.74) is 1.94. The Kier molecular flexibility index (Phi) is 4.34. The van der Waals surface area contributed by atoms with E-state index in [1.807, 2.05) is 60.8 Å². The molecule has 0 saturated heterocycles. The summed E-state index contributed by atoms with van der Waals surface area (Å²) in [4.78, 5) is 16.2. The van der Waals surface area contributed by atoms with Crippen LogP contribution in [0.5, 0.6) is 0 Å². The van der Waals surface area contributed by atoms with Crippen molar-refractivity contribution in [1.82, 2.24) is 4.90 Å². The Morgan fingerprint density at radius 2 is 1.62 bits per heavy atom. The van der Waals surface area contributed by atoms with Gasteiger partial charge in [0.25, 0.3) is 0 Å². The Bertz CT molecular complexity index is 677. The van der Waals surface area contributed by atoms with Gasteiger partial charge in [0.15, 0.2) is 0 Å². The number of hydrogen-bond donors (Lipinski definition) is 0. The Morgan fingerprint density at radius 1 is 0.952 bits per heavy atom. The van der Waals surface area contributed by atoms with Crippen molar-refractivity contribution in [1.29, 1.82) is 0 Å². The fraction of sp³-hybridized carbons (Fsp3) is 0.0556. The van der Waals surface area contributed by atoms with Gasteiger partial charge in [-0.25, -0.2) is 0 Å². The van der Waals surface area contributed by atoms with Crippen LogP contribution in [0.15, 0.2) is 83.5 Å². The van der Waals surface area contributed by atoms with E-state index in [0.29, 0.717) is 6.54 Å². The van der Waals surface area contributed by atoms with Gasteiger partial charge in [0, 0.05) is 0 Å². The van der Waals surface area contributed by atoms with Gasteiger partial charge >= 0.3 is 131 Å². The van der Waals surface area contributed by atoms with E-state index in [1.54, 1.807) is 4.90 Å². The normalized spacial score (nSPS) is 15.9. The zero-order chi connectivity index (χ0) is 14.5. The molecule has 2 aromatic carbocycles. The van der Waals surface area contributed by atoms with E-state index in [4.69, 9.17) is 0 Å². The van der Waals surface area contributed by atoms with E-state index < -0.39 is 0 Å². The summed E-state index contributed by atoms with van der Waals surface area (Å²) in [7, 11) is 0. The summed E-state index contributed by atoms with van der Waals surface area (Å²) in [5.74, 6) is 0.0941. The summed E-state index contributed by atoms with van der Waals surface area (Å²) in [6.07, 6.45) is 3.79. The zero-order valence-corrected chi connectivity index (χ0v) is 13.2. The fourth-order valence-corrected chi connectivity index (χ4v) is 3.69. The Morgan fingerprint density at radius 3 is 2.33 bits per heavy atom. The Labute approximate surface area is 130 Å². The summed E-state index contributed by atoms with van der Waals surface area (Å²) >= 11 is 0.194. The van der Waals surface area contributed by atoms with Crippen LogP contribution in [-0.4, -0.2) is 25.8 Å². The number of benzene rings is 2. The summed E-state index contributed by atoms with van der Waals surface area (Å²) in [5, 5.41) is 0. The van der Waals surface area contributed by atoms with Crippen LogP contribution in [0.3, 0.4) is 0 Å². The first-order valence-electron chi connectivity index (χ1n) is 6.78. The molecule has 2 nitrogen and oxygen atoms in total. The molecule has 1 heterocycles. The molecule has 0 aromatic heterocycles. The molecule has 0 aliphatic carbocycles. The second kappa shape index (κ2) is 6.57. The van der Waals surface area contributed by atoms with Crippen molar-refractivity contribution in [2.45, 2.75) is 6.54 Å². The van der Waals surface area contributed by atoms with Crippen LogP contribution in [0.1, 0.15) is 5.56 Å². The van der Waals surface area contributed by atoms with Gasteiger partial charge in [0.05, 0.1) is 0 Å². The van der Waals surface area contributed by atoms with Crippen LogP contribution in [-0.2, 0) is 11.3 Å². The van der Waals surface area contributed by atoms with Gasteiger partial charge in [-0.2, -0.15) is 0 Å². The van der Waals surface area contributed by atoms with Crippen LogP contribution >= 0.6 is 0 Å². The summed E-state index contributed by atoms with van der Waals surface area (Å²) in [6.45, 7) is 0.631. The molecule has 0 bridgehead atoms. The van der Waals surface area contributed by atoms with Crippen molar-refractivity contribution in [3.8, 4) is 0 Å². The molecule has 3 heteroatoms. The van der Waals surface area contributed by atoms with E-state index in [0.717, 1.165) is 11.1 Å². The van der Waals surface area contributed by atoms with Gasteiger partial charge in [0.1, 0.15) is 0 Å². The van der Waals surface area contributed by atoms with Crippen molar-refractivity contribution >= 4 is 25.3 Å². The molecule has 0 spiro atoms. The van der Waals surface area contributed by atoms with Crippen molar-refractivity contribution in [2.75, 3.05) is 0 Å². The second-order valence-electron chi connectivity index (χ2n) is 4.74. The van der Waals surface area contributed by atoms with Gasteiger partial charge in [-0.3, -0.25) is 0 Å². The van der Waals surface area contributed by atoms with E-state index in [1.165, 1.54) is 4.46 Å². The maximum atomic E-state index is 12.3. The van der Waals surface area contributed by atoms with Crippen LogP contribution in [0.25, 0.3) is 0 Å². The zero-order valence-electron chi connectivity index (χ0n) is 11.5. The standard InChI is InChI=1S/C18H15NOSe/c20-18-16(14-21-17-9-5-2-6-10-17)11-12-19(18)13-15-7-3-1-4-8-15/h1-12,14H,13H2/b16-14-. The molecule has 0 atom stereocenters. The first kappa shape index (κ1) is 13.9. The minimum atomic E-state index is 0.0941. The summed E-state index contributed by atoms with van der Waals surface area (Å²) < 4.78 is 1.28. The molecule has 104 valence electrons.